The van der Waals surface area contributed by atoms with E-state index >= 15 is 0 Å². The fourth-order valence-electron chi connectivity index (χ4n) is 2.51. The van der Waals surface area contributed by atoms with E-state index in [2.05, 4.69) is 0 Å². The SMILES string of the molecule is O=C=C1C=CC=C(C(=O)c2ccccc2)C1OC(=O)c1ccccc1. The maximum Gasteiger partial charge on any atom is 0.339 e. The van der Waals surface area contributed by atoms with Gasteiger partial charge in [-0.2, -0.15) is 0 Å². The van der Waals surface area contributed by atoms with Gasteiger partial charge in [0.15, 0.2) is 11.9 Å². The number of ether oxygens (including phenoxy) is 1. The number of hydrogen-bond acceptors (Lipinski definition) is 4. The Morgan fingerprint density at radius 3 is 2.08 bits per heavy atom. The van der Waals surface area contributed by atoms with E-state index in [4.69, 9.17) is 4.74 Å². The van der Waals surface area contributed by atoms with Gasteiger partial charge in [-0.15, -0.1) is 0 Å². The first-order valence-electron chi connectivity index (χ1n) is 7.69. The third-order valence-electron chi connectivity index (χ3n) is 3.77. The fourth-order valence-corrected chi connectivity index (χ4v) is 2.51. The first-order valence-corrected chi connectivity index (χ1v) is 7.69. The Labute approximate surface area is 144 Å². The van der Waals surface area contributed by atoms with Crippen molar-refractivity contribution < 1.29 is 19.1 Å². The van der Waals surface area contributed by atoms with Gasteiger partial charge < -0.3 is 4.74 Å². The van der Waals surface area contributed by atoms with E-state index in [1.165, 1.54) is 6.08 Å². The van der Waals surface area contributed by atoms with Gasteiger partial charge in [0.1, 0.15) is 5.94 Å². The van der Waals surface area contributed by atoms with E-state index < -0.39 is 12.1 Å². The van der Waals surface area contributed by atoms with Gasteiger partial charge in [0, 0.05) is 11.1 Å². The van der Waals surface area contributed by atoms with Crippen molar-refractivity contribution in [2.75, 3.05) is 0 Å². The summed E-state index contributed by atoms with van der Waals surface area (Å²) in [5.41, 5.74) is 1.12. The maximum atomic E-state index is 12.8. The van der Waals surface area contributed by atoms with Crippen molar-refractivity contribution in [3.63, 3.8) is 0 Å². The minimum atomic E-state index is -1.08. The van der Waals surface area contributed by atoms with Crippen molar-refractivity contribution in [1.29, 1.82) is 0 Å². The van der Waals surface area contributed by atoms with Crippen LogP contribution in [0.4, 0.5) is 0 Å². The molecule has 2 aromatic carbocycles. The molecule has 0 bridgehead atoms. The average Bonchev–Trinajstić information content (AvgIpc) is 2.69. The Kier molecular flexibility index (Phi) is 4.84. The molecule has 1 atom stereocenters. The number of esters is 1. The standard InChI is InChI=1S/C21H14O4/c22-14-17-12-7-13-18(19(23)15-8-3-1-4-9-15)20(17)25-21(24)16-10-5-2-6-11-16/h1-13,20H. The van der Waals surface area contributed by atoms with Crippen LogP contribution in [-0.4, -0.2) is 23.8 Å². The lowest BCUT2D eigenvalue weighted by Gasteiger charge is -2.21. The highest BCUT2D eigenvalue weighted by molar-refractivity contribution is 6.10. The highest BCUT2D eigenvalue weighted by atomic mass is 16.5. The molecule has 1 unspecified atom stereocenters. The van der Waals surface area contributed by atoms with Gasteiger partial charge >= 0.3 is 5.97 Å². The van der Waals surface area contributed by atoms with Gasteiger partial charge in [-0.05, 0) is 18.2 Å². The first kappa shape index (κ1) is 16.4. The molecular weight excluding hydrogens is 316 g/mol. The fraction of sp³-hybridized carbons (Fsp3) is 0.0476. The lowest BCUT2D eigenvalue weighted by Crippen LogP contribution is -2.28. The number of allylic oxidation sites excluding steroid dienone is 2. The number of carbonyl (C=O) groups excluding carboxylic acids is 3. The minimum absolute atomic E-state index is 0.103. The van der Waals surface area contributed by atoms with E-state index in [0.717, 1.165) is 0 Å². The quantitative estimate of drug-likeness (QED) is 0.490. The molecule has 0 radical (unpaired) electrons. The lowest BCUT2D eigenvalue weighted by atomic mass is 9.91. The van der Waals surface area contributed by atoms with Crippen LogP contribution in [0.3, 0.4) is 0 Å². The zero-order chi connectivity index (χ0) is 17.6. The number of Topliss-reactive ketones (excluding diaryl/α,β-unsaturated/α-hetero) is 1. The van der Waals surface area contributed by atoms with E-state index in [-0.39, 0.29) is 16.9 Å². The highest BCUT2D eigenvalue weighted by Crippen LogP contribution is 2.25. The van der Waals surface area contributed by atoms with Crippen LogP contribution in [0.25, 0.3) is 0 Å². The summed E-state index contributed by atoms with van der Waals surface area (Å²) in [5, 5.41) is 0. The zero-order valence-corrected chi connectivity index (χ0v) is 13.2. The first-order chi connectivity index (χ1) is 12.2. The predicted octanol–water partition coefficient (Wildman–Crippen LogP) is 3.35. The van der Waals surface area contributed by atoms with E-state index in [1.54, 1.807) is 78.8 Å². The molecule has 0 aliphatic heterocycles. The molecule has 4 heteroatoms. The van der Waals surface area contributed by atoms with E-state index in [0.29, 0.717) is 11.1 Å². The summed E-state index contributed by atoms with van der Waals surface area (Å²) in [6.07, 6.45) is 3.53. The Morgan fingerprint density at radius 2 is 1.48 bits per heavy atom. The van der Waals surface area contributed by atoms with E-state index in [9.17, 15) is 14.4 Å². The van der Waals surface area contributed by atoms with Crippen LogP contribution in [0.2, 0.25) is 0 Å². The average molecular weight is 330 g/mol. The summed E-state index contributed by atoms with van der Waals surface area (Å²) in [6.45, 7) is 0. The van der Waals surface area contributed by atoms with Crippen LogP contribution in [0.5, 0.6) is 0 Å². The molecule has 0 N–H and O–H groups in total. The van der Waals surface area contributed by atoms with Crippen molar-refractivity contribution >= 4 is 17.7 Å². The molecular formula is C21H14O4. The molecule has 0 saturated heterocycles. The number of carbonyl (C=O) groups is 2. The van der Waals surface area contributed by atoms with Gasteiger partial charge in [-0.1, -0.05) is 60.7 Å². The summed E-state index contributed by atoms with van der Waals surface area (Å²) < 4.78 is 5.46. The Morgan fingerprint density at radius 1 is 0.880 bits per heavy atom. The number of ketones is 1. The van der Waals surface area contributed by atoms with Crippen LogP contribution >= 0.6 is 0 Å². The van der Waals surface area contributed by atoms with Gasteiger partial charge in [0.05, 0.1) is 11.1 Å². The molecule has 4 nitrogen and oxygen atoms in total. The van der Waals surface area contributed by atoms with Crippen LogP contribution in [0.15, 0.2) is 90.0 Å². The Balaban J connectivity index is 1.92. The molecule has 1 aliphatic carbocycles. The molecule has 0 aromatic heterocycles. The van der Waals surface area contributed by atoms with Gasteiger partial charge in [-0.3, -0.25) is 4.79 Å². The molecule has 0 heterocycles. The van der Waals surface area contributed by atoms with Crippen LogP contribution < -0.4 is 0 Å². The molecule has 0 fully saturated rings. The van der Waals surface area contributed by atoms with Crippen molar-refractivity contribution in [2.24, 2.45) is 0 Å². The zero-order valence-electron chi connectivity index (χ0n) is 13.2. The largest absolute Gasteiger partial charge is 0.448 e. The van der Waals surface area contributed by atoms with E-state index in [1.807, 2.05) is 0 Å². The number of hydrogen-bond donors (Lipinski definition) is 0. The van der Waals surface area contributed by atoms with Crippen molar-refractivity contribution in [2.45, 2.75) is 6.10 Å². The number of benzene rings is 2. The molecule has 0 spiro atoms. The summed E-state index contributed by atoms with van der Waals surface area (Å²) in [7, 11) is 0. The van der Waals surface area contributed by atoms with Crippen LogP contribution in [0.1, 0.15) is 20.7 Å². The lowest BCUT2D eigenvalue weighted by molar-refractivity contribution is 0.0433. The summed E-state index contributed by atoms with van der Waals surface area (Å²) in [5.74, 6) is 0.844. The third kappa shape index (κ3) is 3.55. The van der Waals surface area contributed by atoms with Gasteiger partial charge in [0.25, 0.3) is 0 Å². The highest BCUT2D eigenvalue weighted by Gasteiger charge is 2.30. The van der Waals surface area contributed by atoms with Crippen molar-refractivity contribution in [1.82, 2.24) is 0 Å². The maximum absolute atomic E-state index is 12.8. The van der Waals surface area contributed by atoms with Crippen LogP contribution in [0, 0.1) is 0 Å². The molecule has 3 rings (SSSR count). The normalized spacial score (nSPS) is 15.9. The summed E-state index contributed by atoms with van der Waals surface area (Å²) in [6, 6.07) is 17.0. The topological polar surface area (TPSA) is 60.4 Å². The Bertz CT molecular complexity index is 901. The van der Waals surface area contributed by atoms with Crippen LogP contribution in [-0.2, 0) is 9.53 Å². The van der Waals surface area contributed by atoms with Crippen molar-refractivity contribution in [3.8, 4) is 0 Å². The van der Waals surface area contributed by atoms with Gasteiger partial charge in [-0.25, -0.2) is 9.59 Å². The minimum Gasteiger partial charge on any atom is -0.448 e. The molecule has 0 amide bonds. The molecule has 0 saturated carbocycles. The second kappa shape index (κ2) is 7.39. The second-order valence-corrected chi connectivity index (χ2v) is 5.39. The Hall–Kier alpha value is -3.49. The summed E-state index contributed by atoms with van der Waals surface area (Å²) in [4.78, 5) is 36.4. The molecule has 2 aromatic rings. The smallest absolute Gasteiger partial charge is 0.339 e. The molecule has 1 aliphatic rings. The monoisotopic (exact) mass is 330 g/mol. The number of rotatable bonds is 4. The van der Waals surface area contributed by atoms with Crippen molar-refractivity contribution in [3.05, 3.63) is 101 Å². The third-order valence-corrected chi connectivity index (χ3v) is 3.77. The second-order valence-electron chi connectivity index (χ2n) is 5.39. The van der Waals surface area contributed by atoms with Gasteiger partial charge in [0.2, 0.25) is 0 Å². The summed E-state index contributed by atoms with van der Waals surface area (Å²) >= 11 is 0. The molecule has 122 valence electrons. The predicted molar refractivity (Wildman–Crippen MR) is 92.8 cm³/mol. The molecule has 25 heavy (non-hydrogen) atoms.